The predicted molar refractivity (Wildman–Crippen MR) is 102 cm³/mol. The number of rotatable bonds is 3. The van der Waals surface area contributed by atoms with Gasteiger partial charge in [-0.2, -0.15) is 0 Å². The molecule has 0 unspecified atom stereocenters. The zero-order valence-corrected chi connectivity index (χ0v) is 14.9. The standard InChI is InChI=1S/C21H18FN3O2/c1-13(19-11-23-20(26)18-6-4-3-5-17(18)19)24(2)21(27)14-9-16-10-15(22)7-8-25(16)12-14/h3-13H,1-2H3,(H,23,26)/t13-/m0/s1. The number of hydrogen-bond acceptors (Lipinski definition) is 2. The van der Waals surface area contributed by atoms with Crippen LogP contribution in [0.3, 0.4) is 0 Å². The summed E-state index contributed by atoms with van der Waals surface area (Å²) in [6.45, 7) is 1.91. The molecule has 0 aliphatic rings. The molecule has 4 rings (SSSR count). The number of benzene rings is 1. The van der Waals surface area contributed by atoms with E-state index in [0.29, 0.717) is 16.5 Å². The van der Waals surface area contributed by atoms with Gasteiger partial charge in [-0.05, 0) is 42.1 Å². The highest BCUT2D eigenvalue weighted by Crippen LogP contribution is 2.26. The predicted octanol–water partition coefficient (Wildman–Crippen LogP) is 3.75. The summed E-state index contributed by atoms with van der Waals surface area (Å²) < 4.78 is 15.1. The average Bonchev–Trinajstić information content (AvgIpc) is 3.10. The third-order valence-electron chi connectivity index (χ3n) is 5.00. The lowest BCUT2D eigenvalue weighted by molar-refractivity contribution is 0.0743. The molecule has 0 fully saturated rings. The molecule has 0 bridgehead atoms. The Morgan fingerprint density at radius 3 is 2.70 bits per heavy atom. The van der Waals surface area contributed by atoms with Crippen LogP contribution >= 0.6 is 0 Å². The first-order valence-electron chi connectivity index (χ1n) is 8.60. The van der Waals surface area contributed by atoms with Crippen LogP contribution in [0.5, 0.6) is 0 Å². The first kappa shape index (κ1) is 17.0. The highest BCUT2D eigenvalue weighted by atomic mass is 19.1. The number of aromatic nitrogens is 2. The van der Waals surface area contributed by atoms with Crippen molar-refractivity contribution in [3.8, 4) is 0 Å². The number of H-pyrrole nitrogens is 1. The Hall–Kier alpha value is -3.41. The molecule has 1 N–H and O–H groups in total. The molecule has 136 valence electrons. The second kappa shape index (κ2) is 6.39. The molecule has 0 saturated carbocycles. The molecule has 3 heterocycles. The summed E-state index contributed by atoms with van der Waals surface area (Å²) in [5.41, 5.74) is 1.80. The maximum atomic E-state index is 13.4. The van der Waals surface area contributed by atoms with Crippen molar-refractivity contribution >= 4 is 22.2 Å². The van der Waals surface area contributed by atoms with E-state index in [1.807, 2.05) is 25.1 Å². The molecular weight excluding hydrogens is 345 g/mol. The molecule has 0 radical (unpaired) electrons. The number of hydrogen-bond donors (Lipinski definition) is 1. The fourth-order valence-electron chi connectivity index (χ4n) is 3.36. The van der Waals surface area contributed by atoms with Crippen LogP contribution in [0.25, 0.3) is 16.3 Å². The molecule has 1 aromatic carbocycles. The molecule has 1 amide bonds. The number of pyridine rings is 2. The zero-order chi connectivity index (χ0) is 19.1. The number of carbonyl (C=O) groups excluding carboxylic acids is 1. The molecule has 1 atom stereocenters. The number of nitrogens with one attached hydrogen (secondary N) is 1. The summed E-state index contributed by atoms with van der Waals surface area (Å²) in [5, 5.41) is 1.41. The van der Waals surface area contributed by atoms with E-state index in [0.717, 1.165) is 10.9 Å². The van der Waals surface area contributed by atoms with Crippen molar-refractivity contribution in [2.75, 3.05) is 7.05 Å². The molecule has 4 aromatic rings. The van der Waals surface area contributed by atoms with Gasteiger partial charge in [0.2, 0.25) is 0 Å². The molecule has 6 heteroatoms. The number of fused-ring (bicyclic) bond motifs is 2. The van der Waals surface area contributed by atoms with Crippen molar-refractivity contribution in [2.45, 2.75) is 13.0 Å². The molecule has 5 nitrogen and oxygen atoms in total. The minimum atomic E-state index is -0.346. The van der Waals surface area contributed by atoms with Crippen LogP contribution in [-0.4, -0.2) is 27.2 Å². The maximum Gasteiger partial charge on any atom is 0.255 e. The van der Waals surface area contributed by atoms with Crippen molar-refractivity contribution in [2.24, 2.45) is 0 Å². The van der Waals surface area contributed by atoms with Gasteiger partial charge in [-0.1, -0.05) is 18.2 Å². The second-order valence-electron chi connectivity index (χ2n) is 6.62. The molecular formula is C21H18FN3O2. The smallest absolute Gasteiger partial charge is 0.255 e. The number of carbonyl (C=O) groups is 1. The van der Waals surface area contributed by atoms with E-state index >= 15 is 0 Å². The number of halogens is 1. The van der Waals surface area contributed by atoms with Crippen LogP contribution in [0.1, 0.15) is 28.9 Å². The summed E-state index contributed by atoms with van der Waals surface area (Å²) in [6.07, 6.45) is 4.93. The Morgan fingerprint density at radius 2 is 1.93 bits per heavy atom. The van der Waals surface area contributed by atoms with Crippen LogP contribution in [0.2, 0.25) is 0 Å². The first-order chi connectivity index (χ1) is 13.0. The second-order valence-corrected chi connectivity index (χ2v) is 6.62. The van der Waals surface area contributed by atoms with E-state index in [9.17, 15) is 14.0 Å². The van der Waals surface area contributed by atoms with Crippen LogP contribution in [0.15, 0.2) is 65.8 Å². The van der Waals surface area contributed by atoms with Crippen LogP contribution in [-0.2, 0) is 0 Å². The van der Waals surface area contributed by atoms with Gasteiger partial charge in [-0.15, -0.1) is 0 Å². The Kier molecular flexibility index (Phi) is 4.03. The van der Waals surface area contributed by atoms with Gasteiger partial charge in [0.1, 0.15) is 5.82 Å². The van der Waals surface area contributed by atoms with Crippen LogP contribution in [0.4, 0.5) is 4.39 Å². The van der Waals surface area contributed by atoms with Gasteiger partial charge < -0.3 is 14.3 Å². The third kappa shape index (κ3) is 2.89. The van der Waals surface area contributed by atoms with Gasteiger partial charge in [0, 0.05) is 36.5 Å². The van der Waals surface area contributed by atoms with Crippen molar-refractivity contribution in [3.63, 3.8) is 0 Å². The van der Waals surface area contributed by atoms with E-state index in [-0.39, 0.29) is 23.3 Å². The maximum absolute atomic E-state index is 13.4. The van der Waals surface area contributed by atoms with Gasteiger partial charge in [-0.25, -0.2) is 4.39 Å². The SMILES string of the molecule is C[C@@H](c1c[nH]c(=O)c2ccccc12)N(C)C(=O)c1cc2cc(F)ccn2c1. The van der Waals surface area contributed by atoms with E-state index in [2.05, 4.69) is 4.98 Å². The van der Waals surface area contributed by atoms with Crippen molar-refractivity contribution in [3.05, 3.63) is 88.4 Å². The van der Waals surface area contributed by atoms with Gasteiger partial charge in [0.15, 0.2) is 0 Å². The highest BCUT2D eigenvalue weighted by Gasteiger charge is 2.22. The summed E-state index contributed by atoms with van der Waals surface area (Å²) in [4.78, 5) is 29.4. The summed E-state index contributed by atoms with van der Waals surface area (Å²) in [5.74, 6) is -0.525. The van der Waals surface area contributed by atoms with Gasteiger partial charge in [0.05, 0.1) is 11.6 Å². The quantitative estimate of drug-likeness (QED) is 0.603. The topological polar surface area (TPSA) is 57.6 Å². The van der Waals surface area contributed by atoms with E-state index in [1.165, 1.54) is 12.1 Å². The lowest BCUT2D eigenvalue weighted by Crippen LogP contribution is -2.30. The normalized spacial score (nSPS) is 12.4. The van der Waals surface area contributed by atoms with Crippen LogP contribution < -0.4 is 5.56 Å². The molecule has 0 spiro atoms. The fourth-order valence-corrected chi connectivity index (χ4v) is 3.36. The van der Waals surface area contributed by atoms with E-state index in [4.69, 9.17) is 0 Å². The Labute approximate surface area is 154 Å². The molecule has 0 aliphatic carbocycles. The highest BCUT2D eigenvalue weighted by molar-refractivity contribution is 5.96. The van der Waals surface area contributed by atoms with Gasteiger partial charge in [-0.3, -0.25) is 9.59 Å². The lowest BCUT2D eigenvalue weighted by atomic mass is 10.0. The Morgan fingerprint density at radius 1 is 1.19 bits per heavy atom. The summed E-state index contributed by atoms with van der Waals surface area (Å²) in [6, 6.07) is 11.5. The Balaban J connectivity index is 1.71. The van der Waals surface area contributed by atoms with Crippen LogP contribution in [0, 0.1) is 5.82 Å². The number of aromatic amines is 1. The minimum Gasteiger partial charge on any atom is -0.335 e. The largest absolute Gasteiger partial charge is 0.335 e. The third-order valence-corrected chi connectivity index (χ3v) is 5.00. The van der Waals surface area contributed by atoms with Gasteiger partial charge >= 0.3 is 0 Å². The Bertz CT molecular complexity index is 1230. The van der Waals surface area contributed by atoms with Gasteiger partial charge in [0.25, 0.3) is 11.5 Å². The monoisotopic (exact) mass is 363 g/mol. The summed E-state index contributed by atoms with van der Waals surface area (Å²) in [7, 11) is 1.72. The average molecular weight is 363 g/mol. The molecule has 0 saturated heterocycles. The molecule has 27 heavy (non-hydrogen) atoms. The number of amides is 1. The van der Waals surface area contributed by atoms with E-state index in [1.54, 1.807) is 47.1 Å². The van der Waals surface area contributed by atoms with Crippen molar-refractivity contribution in [1.29, 1.82) is 0 Å². The zero-order valence-electron chi connectivity index (χ0n) is 14.9. The fraction of sp³-hybridized carbons (Fsp3) is 0.143. The van der Waals surface area contributed by atoms with Crippen molar-refractivity contribution in [1.82, 2.24) is 14.3 Å². The number of nitrogens with zero attached hydrogens (tertiary/aromatic N) is 2. The first-order valence-corrected chi connectivity index (χ1v) is 8.60. The van der Waals surface area contributed by atoms with Crippen molar-refractivity contribution < 1.29 is 9.18 Å². The lowest BCUT2D eigenvalue weighted by Gasteiger charge is -2.26. The molecule has 3 aromatic heterocycles. The summed E-state index contributed by atoms with van der Waals surface area (Å²) >= 11 is 0. The van der Waals surface area contributed by atoms with E-state index < -0.39 is 0 Å². The molecule has 0 aliphatic heterocycles. The minimum absolute atomic E-state index is 0.156.